The van der Waals surface area contributed by atoms with Crippen molar-refractivity contribution < 1.29 is 0 Å². The van der Waals surface area contributed by atoms with Crippen LogP contribution in [0.5, 0.6) is 0 Å². The van der Waals surface area contributed by atoms with Crippen molar-refractivity contribution in [3.05, 3.63) is 58.5 Å². The minimum absolute atomic E-state index is 0.116. The highest BCUT2D eigenvalue weighted by atomic mass is 16.1. The molecule has 4 heterocycles. The maximum Gasteiger partial charge on any atom is 0.263 e. The average Bonchev–Trinajstić information content (AvgIpc) is 3.42. The average molecular weight is 456 g/mol. The van der Waals surface area contributed by atoms with Gasteiger partial charge in [0.2, 0.25) is 5.95 Å². The number of rotatable bonds is 4. The summed E-state index contributed by atoms with van der Waals surface area (Å²) >= 11 is 0. The second kappa shape index (κ2) is 9.27. The van der Waals surface area contributed by atoms with Gasteiger partial charge in [0.05, 0.1) is 22.9 Å². The number of piperidine rings is 1. The number of hydrogen-bond donors (Lipinski definition) is 1. The summed E-state index contributed by atoms with van der Waals surface area (Å²) in [5, 5.41) is 9.22. The zero-order chi connectivity index (χ0) is 23.7. The largest absolute Gasteiger partial charge is 0.357 e. The SMILES string of the molecule is Cn1c(N2CCC(N)CC2)nc(-c2ccc(C#N)cc2)c(-c2ccc(N3CCCC3)nc2)c1=O. The van der Waals surface area contributed by atoms with Crippen LogP contribution in [0.2, 0.25) is 0 Å². The number of aromatic nitrogens is 3. The van der Waals surface area contributed by atoms with E-state index in [1.54, 1.807) is 29.9 Å². The molecule has 0 spiro atoms. The minimum atomic E-state index is -0.116. The van der Waals surface area contributed by atoms with Crippen LogP contribution in [0.4, 0.5) is 11.8 Å². The van der Waals surface area contributed by atoms with Crippen LogP contribution in [0.25, 0.3) is 22.4 Å². The Morgan fingerprint density at radius 3 is 2.26 bits per heavy atom. The van der Waals surface area contributed by atoms with E-state index in [0.29, 0.717) is 22.8 Å². The molecular formula is C26H29N7O. The number of anilines is 2. The molecule has 2 fully saturated rings. The molecule has 34 heavy (non-hydrogen) atoms. The van der Waals surface area contributed by atoms with Crippen LogP contribution in [-0.4, -0.2) is 46.8 Å². The number of benzene rings is 1. The molecule has 0 aliphatic carbocycles. The first-order valence-corrected chi connectivity index (χ1v) is 11.9. The van der Waals surface area contributed by atoms with Crippen molar-refractivity contribution in [1.29, 1.82) is 5.26 Å². The second-order valence-corrected chi connectivity index (χ2v) is 9.11. The van der Waals surface area contributed by atoms with Gasteiger partial charge in [-0.15, -0.1) is 0 Å². The van der Waals surface area contributed by atoms with E-state index in [1.165, 1.54) is 12.8 Å². The third-order valence-corrected chi connectivity index (χ3v) is 6.84. The van der Waals surface area contributed by atoms with E-state index in [-0.39, 0.29) is 11.6 Å². The maximum atomic E-state index is 13.7. The first-order chi connectivity index (χ1) is 16.5. The molecule has 8 nitrogen and oxygen atoms in total. The fourth-order valence-corrected chi connectivity index (χ4v) is 4.81. The van der Waals surface area contributed by atoms with Gasteiger partial charge >= 0.3 is 0 Å². The van der Waals surface area contributed by atoms with Crippen molar-refractivity contribution >= 4 is 11.8 Å². The Balaban J connectivity index is 1.63. The summed E-state index contributed by atoms with van der Waals surface area (Å²) in [6.07, 6.45) is 5.87. The molecule has 1 aromatic carbocycles. The fourth-order valence-electron chi connectivity index (χ4n) is 4.81. The zero-order valence-corrected chi connectivity index (χ0v) is 19.4. The number of pyridine rings is 1. The maximum absolute atomic E-state index is 13.7. The number of nitriles is 1. The molecule has 0 unspecified atom stereocenters. The topological polar surface area (TPSA) is 104 Å². The Morgan fingerprint density at radius 1 is 0.971 bits per heavy atom. The van der Waals surface area contributed by atoms with Crippen LogP contribution in [-0.2, 0) is 7.05 Å². The minimum Gasteiger partial charge on any atom is -0.357 e. The van der Waals surface area contributed by atoms with Crippen molar-refractivity contribution in [3.63, 3.8) is 0 Å². The zero-order valence-electron chi connectivity index (χ0n) is 19.4. The van der Waals surface area contributed by atoms with Crippen LogP contribution >= 0.6 is 0 Å². The van der Waals surface area contributed by atoms with E-state index < -0.39 is 0 Å². The molecule has 2 aliphatic rings. The van der Waals surface area contributed by atoms with Crippen molar-refractivity contribution in [1.82, 2.24) is 14.5 Å². The van der Waals surface area contributed by atoms with E-state index in [9.17, 15) is 10.1 Å². The highest BCUT2D eigenvalue weighted by molar-refractivity contribution is 5.81. The van der Waals surface area contributed by atoms with E-state index in [4.69, 9.17) is 10.7 Å². The molecule has 8 heteroatoms. The van der Waals surface area contributed by atoms with Gasteiger partial charge in [-0.3, -0.25) is 9.36 Å². The van der Waals surface area contributed by atoms with Crippen LogP contribution in [0, 0.1) is 11.3 Å². The second-order valence-electron chi connectivity index (χ2n) is 9.11. The Hall–Kier alpha value is -3.70. The van der Waals surface area contributed by atoms with E-state index in [1.807, 2.05) is 24.3 Å². The lowest BCUT2D eigenvalue weighted by Crippen LogP contribution is -2.42. The molecule has 3 aromatic rings. The van der Waals surface area contributed by atoms with Gasteiger partial charge in [-0.1, -0.05) is 12.1 Å². The van der Waals surface area contributed by atoms with Crippen molar-refractivity contribution in [3.8, 4) is 28.5 Å². The summed E-state index contributed by atoms with van der Waals surface area (Å²) in [6, 6.07) is 13.5. The monoisotopic (exact) mass is 455 g/mol. The third kappa shape index (κ3) is 4.15. The first kappa shape index (κ1) is 22.1. The molecule has 0 amide bonds. The van der Waals surface area contributed by atoms with Crippen LogP contribution in [0.1, 0.15) is 31.2 Å². The van der Waals surface area contributed by atoms with Crippen molar-refractivity contribution in [2.24, 2.45) is 12.8 Å². The molecule has 2 aliphatic heterocycles. The van der Waals surface area contributed by atoms with Gasteiger partial charge in [0.25, 0.3) is 5.56 Å². The smallest absolute Gasteiger partial charge is 0.263 e. The quantitative estimate of drug-likeness (QED) is 0.645. The number of nitrogens with zero attached hydrogens (tertiary/aromatic N) is 6. The molecule has 2 aromatic heterocycles. The molecule has 2 N–H and O–H groups in total. The summed E-state index contributed by atoms with van der Waals surface area (Å²) in [6.45, 7) is 3.56. The summed E-state index contributed by atoms with van der Waals surface area (Å²) < 4.78 is 1.63. The number of nitrogens with two attached hydrogens (primary N) is 1. The van der Waals surface area contributed by atoms with E-state index >= 15 is 0 Å². The summed E-state index contributed by atoms with van der Waals surface area (Å²) in [5.74, 6) is 1.58. The summed E-state index contributed by atoms with van der Waals surface area (Å²) in [7, 11) is 1.78. The Bertz CT molecular complexity index is 1260. The van der Waals surface area contributed by atoms with Crippen molar-refractivity contribution in [2.75, 3.05) is 36.0 Å². The molecule has 2 saturated heterocycles. The molecule has 0 atom stereocenters. The van der Waals surface area contributed by atoms with Gasteiger partial charge in [0.15, 0.2) is 0 Å². The molecule has 0 bridgehead atoms. The fraction of sp³-hybridized carbons (Fsp3) is 0.385. The summed E-state index contributed by atoms with van der Waals surface area (Å²) in [5.41, 5.74) is 9.20. The summed E-state index contributed by atoms with van der Waals surface area (Å²) in [4.78, 5) is 27.8. The standard InChI is InChI=1S/C26H29N7O/c1-31-25(34)23(20-8-9-22(29-17-20)32-12-2-3-13-32)24(19-6-4-18(16-27)5-7-19)30-26(31)33-14-10-21(28)11-15-33/h4-9,17,21H,2-3,10-15,28H2,1H3. The van der Waals surface area contributed by atoms with Gasteiger partial charge in [-0.25, -0.2) is 9.97 Å². The lowest BCUT2D eigenvalue weighted by molar-refractivity contribution is 0.490. The van der Waals surface area contributed by atoms with Gasteiger partial charge in [0, 0.05) is 56.6 Å². The van der Waals surface area contributed by atoms with Gasteiger partial charge in [0.1, 0.15) is 5.82 Å². The molecule has 174 valence electrons. The van der Waals surface area contributed by atoms with E-state index in [0.717, 1.165) is 56.0 Å². The lowest BCUT2D eigenvalue weighted by atomic mass is 10.0. The molecule has 0 radical (unpaired) electrons. The van der Waals surface area contributed by atoms with Crippen LogP contribution in [0.15, 0.2) is 47.4 Å². The predicted molar refractivity (Wildman–Crippen MR) is 134 cm³/mol. The van der Waals surface area contributed by atoms with Crippen molar-refractivity contribution in [2.45, 2.75) is 31.7 Å². The lowest BCUT2D eigenvalue weighted by Gasteiger charge is -2.32. The Kier molecular flexibility index (Phi) is 6.03. The van der Waals surface area contributed by atoms with Gasteiger partial charge in [-0.2, -0.15) is 5.26 Å². The first-order valence-electron chi connectivity index (χ1n) is 11.9. The Labute approximate surface area is 199 Å². The van der Waals surface area contributed by atoms with Crippen LogP contribution < -0.4 is 21.1 Å². The third-order valence-electron chi connectivity index (χ3n) is 6.84. The molecule has 0 saturated carbocycles. The highest BCUT2D eigenvalue weighted by Crippen LogP contribution is 2.31. The highest BCUT2D eigenvalue weighted by Gasteiger charge is 2.24. The van der Waals surface area contributed by atoms with Crippen LogP contribution in [0.3, 0.4) is 0 Å². The Morgan fingerprint density at radius 2 is 1.65 bits per heavy atom. The van der Waals surface area contributed by atoms with E-state index in [2.05, 4.69) is 20.9 Å². The van der Waals surface area contributed by atoms with Gasteiger partial charge in [-0.05, 0) is 49.9 Å². The predicted octanol–water partition coefficient (Wildman–Crippen LogP) is 2.91. The normalized spacial score (nSPS) is 16.6. The number of hydrogen-bond acceptors (Lipinski definition) is 7. The van der Waals surface area contributed by atoms with Gasteiger partial charge < -0.3 is 15.5 Å². The molecular weight excluding hydrogens is 426 g/mol. The molecule has 5 rings (SSSR count).